The monoisotopic (exact) mass is 655 g/mol. The first-order valence-electron chi connectivity index (χ1n) is 13.7. The minimum atomic E-state index is -1.90. The van der Waals surface area contributed by atoms with Crippen LogP contribution in [0.15, 0.2) is 18.2 Å². The molecule has 248 valence electrons. The smallest absolute Gasteiger partial charge is 0.188 e. The van der Waals surface area contributed by atoms with Gasteiger partial charge < -0.3 is 55.8 Å². The number of carbonyl (C=O) groups excluding carboxylic acids is 2. The third-order valence-electron chi connectivity index (χ3n) is 6.50. The van der Waals surface area contributed by atoms with Crippen LogP contribution in [0.5, 0.6) is 5.75 Å². The van der Waals surface area contributed by atoms with Gasteiger partial charge in [-0.2, -0.15) is 0 Å². The topological polar surface area (TPSA) is 249 Å². The molecule has 1 aromatic carbocycles. The van der Waals surface area contributed by atoms with Crippen LogP contribution in [0.25, 0.3) is 0 Å². The largest absolute Gasteiger partial charge is 0.492 e. The zero-order valence-corrected chi connectivity index (χ0v) is 25.8. The normalized spacial score (nSPS) is 17.5. The predicted octanol–water partition coefficient (Wildman–Crippen LogP) is -2.81. The van der Waals surface area contributed by atoms with Crippen LogP contribution >= 0.6 is 23.5 Å². The number of carbonyl (C=O) groups is 2. The fourth-order valence-electron chi connectivity index (χ4n) is 3.83. The van der Waals surface area contributed by atoms with E-state index in [2.05, 4.69) is 0 Å². The molecule has 16 heteroatoms. The molecule has 43 heavy (non-hydrogen) atoms. The summed E-state index contributed by atoms with van der Waals surface area (Å²) >= 11 is 2.27. The van der Waals surface area contributed by atoms with Gasteiger partial charge in [-0.15, -0.1) is 0 Å². The first-order chi connectivity index (χ1) is 20.2. The molecule has 0 saturated heterocycles. The highest BCUT2D eigenvalue weighted by Crippen LogP contribution is 2.26. The van der Waals surface area contributed by atoms with Gasteiger partial charge in [0, 0.05) is 44.5 Å². The van der Waals surface area contributed by atoms with E-state index in [0.717, 1.165) is 34.7 Å². The lowest BCUT2D eigenvalue weighted by molar-refractivity contribution is -0.130. The van der Waals surface area contributed by atoms with Gasteiger partial charge in [0.2, 0.25) is 0 Å². The minimum Gasteiger partial charge on any atom is -0.492 e. The number of rotatable bonds is 21. The molecule has 1 rings (SSSR count). The lowest BCUT2D eigenvalue weighted by atomic mass is 10.0. The summed E-state index contributed by atoms with van der Waals surface area (Å²) in [6.07, 6.45) is -14.1. The summed E-state index contributed by atoms with van der Waals surface area (Å²) in [6, 6.07) is 5.18. The molecule has 0 saturated carbocycles. The quantitative estimate of drug-likeness (QED) is 0.0642. The summed E-state index contributed by atoms with van der Waals surface area (Å²) in [5.41, 5.74) is 1.65. The predicted molar refractivity (Wildman–Crippen MR) is 159 cm³/mol. The Morgan fingerprint density at radius 3 is 1.72 bits per heavy atom. The molecule has 0 radical (unpaired) electrons. The van der Waals surface area contributed by atoms with Crippen molar-refractivity contribution >= 4 is 33.8 Å². The van der Waals surface area contributed by atoms with Crippen LogP contribution in [0.3, 0.4) is 0 Å². The Morgan fingerprint density at radius 1 is 0.767 bits per heavy atom. The highest BCUT2D eigenvalue weighted by atomic mass is 32.2. The maximum Gasteiger partial charge on any atom is 0.188 e. The van der Waals surface area contributed by atoms with Crippen LogP contribution in [-0.4, -0.2) is 154 Å². The molecule has 0 amide bonds. The van der Waals surface area contributed by atoms with Crippen molar-refractivity contribution in [1.29, 1.82) is 0 Å². The molecule has 14 nitrogen and oxygen atoms in total. The lowest BCUT2D eigenvalue weighted by Crippen LogP contribution is -2.53. The Morgan fingerprint density at radius 2 is 1.26 bits per heavy atom. The molecule has 0 fully saturated rings. The van der Waals surface area contributed by atoms with Gasteiger partial charge in [0.1, 0.15) is 49.0 Å². The summed E-state index contributed by atoms with van der Waals surface area (Å²) in [5.74, 6) is 1.19. The zero-order valence-electron chi connectivity index (χ0n) is 24.2. The summed E-state index contributed by atoms with van der Waals surface area (Å²) < 4.78 is 5.84. The van der Waals surface area contributed by atoms with E-state index in [1.807, 2.05) is 0 Å². The van der Waals surface area contributed by atoms with E-state index in [1.165, 1.54) is 11.8 Å². The van der Waals surface area contributed by atoms with Crippen LogP contribution in [0.1, 0.15) is 31.4 Å². The van der Waals surface area contributed by atoms with E-state index in [1.54, 1.807) is 25.1 Å². The molecule has 10 N–H and O–H groups in total. The maximum absolute atomic E-state index is 11.9. The zero-order chi connectivity index (χ0) is 32.7. The van der Waals surface area contributed by atoms with Gasteiger partial charge in [0.15, 0.2) is 10.2 Å². The Kier molecular flexibility index (Phi) is 19.0. The second kappa shape index (κ2) is 20.6. The number of hydrogen-bond acceptors (Lipinski definition) is 16. The first kappa shape index (κ1) is 39.6. The van der Waals surface area contributed by atoms with Crippen molar-refractivity contribution in [1.82, 2.24) is 4.90 Å². The van der Waals surface area contributed by atoms with Crippen LogP contribution in [0, 0.1) is 0 Å². The van der Waals surface area contributed by atoms with Crippen LogP contribution in [0.2, 0.25) is 0 Å². The molecule has 0 aromatic heterocycles. The summed E-state index contributed by atoms with van der Waals surface area (Å²) in [6.45, 7) is 0.511. The first-order valence-corrected chi connectivity index (χ1v) is 15.6. The van der Waals surface area contributed by atoms with Crippen molar-refractivity contribution in [2.45, 2.75) is 80.6 Å². The molecule has 0 bridgehead atoms. The molecule has 0 unspecified atom stereocenters. The van der Waals surface area contributed by atoms with Gasteiger partial charge in [-0.25, -0.2) is 0 Å². The third kappa shape index (κ3) is 14.1. The highest BCUT2D eigenvalue weighted by molar-refractivity contribution is 8.13. The van der Waals surface area contributed by atoms with E-state index in [0.29, 0.717) is 23.7 Å². The van der Waals surface area contributed by atoms with E-state index < -0.39 is 75.1 Å². The number of benzene rings is 1. The molecular weight excluding hydrogens is 610 g/mol. The Labute approximate surface area is 258 Å². The van der Waals surface area contributed by atoms with E-state index in [9.17, 15) is 50.4 Å². The second-order valence-electron chi connectivity index (χ2n) is 9.93. The number of thioether (sulfide) groups is 2. The van der Waals surface area contributed by atoms with Gasteiger partial charge >= 0.3 is 0 Å². The van der Waals surface area contributed by atoms with Gasteiger partial charge in [-0.1, -0.05) is 36.5 Å². The van der Waals surface area contributed by atoms with Crippen LogP contribution in [-0.2, 0) is 21.1 Å². The van der Waals surface area contributed by atoms with Gasteiger partial charge in [0.05, 0.1) is 25.4 Å². The fraction of sp³-hybridized carbons (Fsp3) is 0.704. The Bertz CT molecular complexity index is 945. The third-order valence-corrected chi connectivity index (χ3v) is 8.43. The number of nitrogens with zero attached hydrogens (tertiary/aromatic N) is 1. The van der Waals surface area contributed by atoms with E-state index in [4.69, 9.17) is 14.9 Å². The molecule has 0 aliphatic heterocycles. The molecule has 8 atom stereocenters. The molecule has 1 aromatic rings. The number of hydrogen-bond donors (Lipinski definition) is 10. The van der Waals surface area contributed by atoms with Crippen molar-refractivity contribution in [2.24, 2.45) is 0 Å². The van der Waals surface area contributed by atoms with Crippen molar-refractivity contribution in [2.75, 3.05) is 39.5 Å². The molecular formula is C27H45NO13S2. The highest BCUT2D eigenvalue weighted by Gasteiger charge is 2.34. The fourth-order valence-corrected chi connectivity index (χ4v) is 5.26. The molecule has 0 aliphatic carbocycles. The summed E-state index contributed by atoms with van der Waals surface area (Å²) in [5, 5.41) is 98.5. The van der Waals surface area contributed by atoms with Gasteiger partial charge in [0.25, 0.3) is 0 Å². The molecule has 0 spiro atoms. The van der Waals surface area contributed by atoms with Crippen LogP contribution < -0.4 is 4.74 Å². The van der Waals surface area contributed by atoms with Crippen molar-refractivity contribution in [3.63, 3.8) is 0 Å². The van der Waals surface area contributed by atoms with E-state index in [-0.39, 0.29) is 23.4 Å². The van der Waals surface area contributed by atoms with E-state index >= 15 is 0 Å². The number of aliphatic hydroxyl groups is 10. The summed E-state index contributed by atoms with van der Waals surface area (Å²) in [7, 11) is 0. The standard InChI is InChI=1S/C27H45NO13S2/c1-3-23(36)43-14-17-8-18(5-4-16(17)13-42-15(2)31)41-7-6-28(9-19(32)24(37)26(39)21(34)11-29)10-20(33)25(38)27(40)22(35)12-30/h4-5,8,19-22,24-27,29-30,32-35,37-40H,3,6-7,9-14H2,1-2H3/t19-,20+,21-,22-,24-,25-,26-,27-/m1/s1. The average molecular weight is 656 g/mol. The average Bonchev–Trinajstić information content (AvgIpc) is 3.00. The van der Waals surface area contributed by atoms with Crippen molar-refractivity contribution in [3.8, 4) is 5.75 Å². The van der Waals surface area contributed by atoms with Crippen LogP contribution in [0.4, 0.5) is 0 Å². The lowest BCUT2D eigenvalue weighted by Gasteiger charge is -2.33. The van der Waals surface area contributed by atoms with Crippen molar-refractivity contribution in [3.05, 3.63) is 29.3 Å². The molecule has 0 aliphatic rings. The molecule has 0 heterocycles. The minimum absolute atomic E-state index is 0.00174. The maximum atomic E-state index is 11.9. The Hall–Kier alpha value is -1.38. The van der Waals surface area contributed by atoms with Gasteiger partial charge in [-0.05, 0) is 23.3 Å². The number of aliphatic hydroxyl groups excluding tert-OH is 10. The second-order valence-corrected chi connectivity index (χ2v) is 12.1. The Balaban J connectivity index is 3.05. The SMILES string of the molecule is CCC(=O)SCc1cc(OCCN(C[C@@H](O)[C@@H](O)[C@H](O)[C@H](O)CO)C[C@H](O)[C@@H](O)[C@H](O)[C@H](O)CO)ccc1CSC(C)=O. The number of ether oxygens (including phenoxy) is 1. The van der Waals surface area contributed by atoms with Crippen molar-refractivity contribution < 1.29 is 65.4 Å². The summed E-state index contributed by atoms with van der Waals surface area (Å²) in [4.78, 5) is 24.6. The van der Waals surface area contributed by atoms with Gasteiger partial charge in [-0.3, -0.25) is 14.5 Å².